The largest absolute Gasteiger partial charge is 0.325 e. The normalized spacial score (nSPS) is 12.9. The van der Waals surface area contributed by atoms with E-state index in [4.69, 9.17) is 0 Å². The van der Waals surface area contributed by atoms with E-state index in [1.54, 1.807) is 11.0 Å². The van der Waals surface area contributed by atoms with Gasteiger partial charge in [0.2, 0.25) is 11.8 Å². The summed E-state index contributed by atoms with van der Waals surface area (Å²) in [6, 6.07) is 15.1. The van der Waals surface area contributed by atoms with E-state index in [-0.39, 0.29) is 18.2 Å². The first-order valence-electron chi connectivity index (χ1n) is 7.08. The number of hydrogen-bond donors (Lipinski definition) is 1. The lowest BCUT2D eigenvalue weighted by atomic mass is 10.2. The fourth-order valence-corrected chi connectivity index (χ4v) is 2.97. The minimum absolute atomic E-state index is 0.157. The molecule has 0 radical (unpaired) electrons. The summed E-state index contributed by atoms with van der Waals surface area (Å²) in [6.45, 7) is 0.639. The highest BCUT2D eigenvalue weighted by Crippen LogP contribution is 2.28. The van der Waals surface area contributed by atoms with Gasteiger partial charge >= 0.3 is 0 Å². The van der Waals surface area contributed by atoms with Crippen molar-refractivity contribution in [3.8, 4) is 0 Å². The molecule has 2 aromatic carbocycles. The monoisotopic (exact) mass is 358 g/mol. The molecule has 3 rings (SSSR count). The minimum atomic E-state index is -0.304. The Hall–Kier alpha value is -2.14. The highest BCUT2D eigenvalue weighted by Gasteiger charge is 2.25. The van der Waals surface area contributed by atoms with Crippen LogP contribution >= 0.6 is 15.9 Å². The topological polar surface area (TPSA) is 49.4 Å². The molecule has 0 atom stereocenters. The smallest absolute Gasteiger partial charge is 0.236 e. The number of amides is 2. The van der Waals surface area contributed by atoms with E-state index in [1.807, 2.05) is 42.5 Å². The molecular weight excluding hydrogens is 344 g/mol. The lowest BCUT2D eigenvalue weighted by molar-refractivity contribution is -0.125. The van der Waals surface area contributed by atoms with E-state index in [9.17, 15) is 9.59 Å². The molecule has 112 valence electrons. The Morgan fingerprint density at radius 1 is 1.09 bits per heavy atom. The van der Waals surface area contributed by atoms with Crippen LogP contribution in [0.5, 0.6) is 0 Å². The second kappa shape index (κ2) is 6.32. The summed E-state index contributed by atoms with van der Waals surface area (Å²) in [5, 5.41) is 2.76. The predicted molar refractivity (Wildman–Crippen MR) is 89.9 cm³/mol. The minimum Gasteiger partial charge on any atom is -0.325 e. The van der Waals surface area contributed by atoms with Crippen LogP contribution < -0.4 is 10.2 Å². The van der Waals surface area contributed by atoms with Crippen LogP contribution in [0.25, 0.3) is 0 Å². The number of rotatable bonds is 3. The quantitative estimate of drug-likeness (QED) is 0.855. The Labute approximate surface area is 137 Å². The molecule has 1 N–H and O–H groups in total. The van der Waals surface area contributed by atoms with Crippen LogP contribution in [0.15, 0.2) is 53.0 Å². The van der Waals surface area contributed by atoms with Gasteiger partial charge in [0.05, 0.1) is 5.69 Å². The first-order valence-corrected chi connectivity index (χ1v) is 7.87. The van der Waals surface area contributed by atoms with E-state index in [0.29, 0.717) is 12.2 Å². The van der Waals surface area contributed by atoms with E-state index >= 15 is 0 Å². The molecule has 0 saturated carbocycles. The van der Waals surface area contributed by atoms with Crippen LogP contribution in [0.4, 0.5) is 11.4 Å². The molecule has 22 heavy (non-hydrogen) atoms. The molecule has 5 heteroatoms. The summed E-state index contributed by atoms with van der Waals surface area (Å²) in [5.41, 5.74) is 2.74. The number of carbonyl (C=O) groups excluding carboxylic acids is 2. The zero-order chi connectivity index (χ0) is 15.5. The molecular formula is C17H15BrN2O2. The average molecular weight is 359 g/mol. The van der Waals surface area contributed by atoms with Crippen LogP contribution in [0.1, 0.15) is 12.0 Å². The molecule has 2 aromatic rings. The van der Waals surface area contributed by atoms with Crippen molar-refractivity contribution < 1.29 is 9.59 Å². The molecule has 0 bridgehead atoms. The van der Waals surface area contributed by atoms with Gasteiger partial charge in [-0.15, -0.1) is 0 Å². The van der Waals surface area contributed by atoms with Gasteiger partial charge in [-0.2, -0.15) is 0 Å². The Morgan fingerprint density at radius 3 is 2.64 bits per heavy atom. The summed E-state index contributed by atoms with van der Waals surface area (Å²) in [4.78, 5) is 26.1. The molecule has 0 unspecified atom stereocenters. The molecule has 0 fully saturated rings. The van der Waals surface area contributed by atoms with Gasteiger partial charge in [-0.1, -0.05) is 30.3 Å². The van der Waals surface area contributed by atoms with Gasteiger partial charge in [0.25, 0.3) is 0 Å². The van der Waals surface area contributed by atoms with Gasteiger partial charge in [-0.25, -0.2) is 0 Å². The van der Waals surface area contributed by atoms with Crippen LogP contribution in [-0.2, 0) is 16.0 Å². The summed E-state index contributed by atoms with van der Waals surface area (Å²) >= 11 is 3.37. The predicted octanol–water partition coefficient (Wildman–Crippen LogP) is 3.37. The fourth-order valence-electron chi connectivity index (χ4n) is 2.59. The third-order valence-corrected chi connectivity index (χ3v) is 4.34. The summed E-state index contributed by atoms with van der Waals surface area (Å²) in [6.07, 6.45) is 0.684. The number of carbonyl (C=O) groups is 2. The summed E-state index contributed by atoms with van der Waals surface area (Å²) < 4.78 is 0.794. The maximum Gasteiger partial charge on any atom is 0.236 e. The Balaban J connectivity index is 1.65. The van der Waals surface area contributed by atoms with E-state index in [0.717, 1.165) is 22.1 Å². The molecule has 1 aliphatic heterocycles. The maximum absolute atomic E-state index is 12.3. The Kier molecular flexibility index (Phi) is 4.24. The second-order valence-electron chi connectivity index (χ2n) is 5.13. The van der Waals surface area contributed by atoms with Gasteiger partial charge in [-0.3, -0.25) is 9.59 Å². The molecule has 1 aliphatic rings. The van der Waals surface area contributed by atoms with Crippen LogP contribution in [-0.4, -0.2) is 18.4 Å². The molecule has 0 aromatic heterocycles. The van der Waals surface area contributed by atoms with Crippen molar-refractivity contribution in [3.63, 3.8) is 0 Å². The zero-order valence-electron chi connectivity index (χ0n) is 11.9. The maximum atomic E-state index is 12.3. The van der Waals surface area contributed by atoms with Crippen LogP contribution in [0.3, 0.4) is 0 Å². The lowest BCUT2D eigenvalue weighted by Crippen LogP contribution is -2.32. The number of anilines is 2. The lowest BCUT2D eigenvalue weighted by Gasteiger charge is -2.17. The van der Waals surface area contributed by atoms with E-state index in [2.05, 4.69) is 21.2 Å². The van der Waals surface area contributed by atoms with E-state index in [1.165, 1.54) is 0 Å². The number of nitrogens with zero attached hydrogens (tertiary/aromatic N) is 1. The molecule has 1 heterocycles. The third kappa shape index (κ3) is 3.04. The molecule has 0 spiro atoms. The molecule has 0 aliphatic carbocycles. The third-order valence-electron chi connectivity index (χ3n) is 3.65. The first-order chi connectivity index (χ1) is 10.6. The standard InChI is InChI=1S/C17H15BrN2O2/c18-13-6-2-3-7-14(13)19-16(21)11-17(22)20-10-9-12-5-1-4-8-15(12)20/h1-8H,9-11H2,(H,19,21). The van der Waals surface area contributed by atoms with Crippen LogP contribution in [0, 0.1) is 0 Å². The zero-order valence-corrected chi connectivity index (χ0v) is 13.5. The van der Waals surface area contributed by atoms with Crippen molar-refractivity contribution in [2.24, 2.45) is 0 Å². The van der Waals surface area contributed by atoms with Crippen molar-refractivity contribution in [1.82, 2.24) is 0 Å². The fraction of sp³-hybridized carbons (Fsp3) is 0.176. The van der Waals surface area contributed by atoms with Gasteiger partial charge < -0.3 is 10.2 Å². The average Bonchev–Trinajstić information content (AvgIpc) is 2.93. The number of fused-ring (bicyclic) bond motifs is 1. The summed E-state index contributed by atoms with van der Waals surface area (Å²) in [7, 11) is 0. The second-order valence-corrected chi connectivity index (χ2v) is 5.98. The highest BCUT2D eigenvalue weighted by atomic mass is 79.9. The Bertz CT molecular complexity index is 730. The van der Waals surface area contributed by atoms with Crippen molar-refractivity contribution >= 4 is 39.1 Å². The number of hydrogen-bond acceptors (Lipinski definition) is 2. The molecule has 0 saturated heterocycles. The van der Waals surface area contributed by atoms with Crippen molar-refractivity contribution in [2.75, 3.05) is 16.8 Å². The Morgan fingerprint density at radius 2 is 1.82 bits per heavy atom. The number of para-hydroxylation sites is 2. The van der Waals surface area contributed by atoms with Crippen LogP contribution in [0.2, 0.25) is 0 Å². The number of halogens is 1. The number of benzene rings is 2. The van der Waals surface area contributed by atoms with Crippen molar-refractivity contribution in [3.05, 3.63) is 58.6 Å². The van der Waals surface area contributed by atoms with Gasteiger partial charge in [-0.05, 0) is 46.1 Å². The van der Waals surface area contributed by atoms with Crippen molar-refractivity contribution in [2.45, 2.75) is 12.8 Å². The van der Waals surface area contributed by atoms with Gasteiger partial charge in [0, 0.05) is 16.7 Å². The highest BCUT2D eigenvalue weighted by molar-refractivity contribution is 9.10. The first kappa shape index (κ1) is 14.8. The van der Waals surface area contributed by atoms with Gasteiger partial charge in [0.1, 0.15) is 6.42 Å². The van der Waals surface area contributed by atoms with E-state index < -0.39 is 0 Å². The van der Waals surface area contributed by atoms with Crippen molar-refractivity contribution in [1.29, 1.82) is 0 Å². The van der Waals surface area contributed by atoms with Gasteiger partial charge in [0.15, 0.2) is 0 Å². The SMILES string of the molecule is O=C(CC(=O)N1CCc2ccccc21)Nc1ccccc1Br. The molecule has 2 amide bonds. The number of nitrogens with one attached hydrogen (secondary N) is 1. The summed E-state index contributed by atoms with van der Waals surface area (Å²) in [5.74, 6) is -0.476. The molecule has 4 nitrogen and oxygen atoms in total.